The third kappa shape index (κ3) is 2.22. The van der Waals surface area contributed by atoms with Crippen LogP contribution in [-0.2, 0) is 0 Å². The third-order valence-corrected chi connectivity index (χ3v) is 2.37. The van der Waals surface area contributed by atoms with Crippen LogP contribution < -0.4 is 4.90 Å². The maximum atomic E-state index is 3.40. The Kier molecular flexibility index (Phi) is 2.94. The smallest absolute Gasteiger partial charge is 0.0732 e. The van der Waals surface area contributed by atoms with Gasteiger partial charge in [0, 0.05) is 12.7 Å². The third-order valence-electron chi connectivity index (χ3n) is 1.62. The maximum Gasteiger partial charge on any atom is 0.0732 e. The van der Waals surface area contributed by atoms with Crippen molar-refractivity contribution in [2.45, 2.75) is 6.92 Å². The average Bonchev–Trinajstić information content (AvgIpc) is 2.03. The summed E-state index contributed by atoms with van der Waals surface area (Å²) in [5.41, 5.74) is 3.42. The molecule has 1 aromatic carbocycles. The molecule has 0 amide bonds. The second-order valence-electron chi connectivity index (χ2n) is 2.66. The Morgan fingerprint density at radius 2 is 2.18 bits per heavy atom. The highest BCUT2D eigenvalue weighted by atomic mass is 79.9. The zero-order valence-electron chi connectivity index (χ0n) is 6.84. The Morgan fingerprint density at radius 1 is 1.45 bits per heavy atom. The van der Waals surface area contributed by atoms with Crippen molar-refractivity contribution in [1.29, 1.82) is 0 Å². The Bertz CT molecular complexity index is 235. The lowest BCUT2D eigenvalue weighted by atomic mass is 10.2. The molecule has 0 aliphatic carbocycles. The van der Waals surface area contributed by atoms with Crippen molar-refractivity contribution in [1.82, 2.24) is 0 Å². The van der Waals surface area contributed by atoms with E-state index in [9.17, 15) is 0 Å². The number of aryl methyl sites for hydroxylation is 1. The van der Waals surface area contributed by atoms with Crippen LogP contribution in [0.15, 0.2) is 24.3 Å². The lowest BCUT2D eigenvalue weighted by Crippen LogP contribution is -2.13. The predicted molar refractivity (Wildman–Crippen MR) is 53.4 cm³/mol. The Labute approximate surface area is 76.2 Å². The minimum absolute atomic E-state index is 0.871. The Hall–Kier alpha value is -0.500. The summed E-state index contributed by atoms with van der Waals surface area (Å²) >= 11 is 3.40. The first-order valence-electron chi connectivity index (χ1n) is 3.58. The van der Waals surface area contributed by atoms with Gasteiger partial charge in [-0.25, -0.2) is 0 Å². The first kappa shape index (κ1) is 8.60. The van der Waals surface area contributed by atoms with Gasteiger partial charge in [-0.05, 0) is 24.6 Å². The van der Waals surface area contributed by atoms with E-state index in [2.05, 4.69) is 59.1 Å². The molecule has 0 fully saturated rings. The SMILES string of the molecule is Cc1cccc(N(C)CBr)c1. The van der Waals surface area contributed by atoms with Gasteiger partial charge >= 0.3 is 0 Å². The van der Waals surface area contributed by atoms with Crippen molar-refractivity contribution in [2.75, 3.05) is 17.4 Å². The van der Waals surface area contributed by atoms with Crippen molar-refractivity contribution in [2.24, 2.45) is 0 Å². The summed E-state index contributed by atoms with van der Waals surface area (Å²) < 4.78 is 0. The van der Waals surface area contributed by atoms with Crippen molar-refractivity contribution >= 4 is 21.6 Å². The topological polar surface area (TPSA) is 3.24 Å². The Balaban J connectivity index is 2.86. The molecule has 0 N–H and O–H groups in total. The van der Waals surface area contributed by atoms with E-state index in [0.717, 1.165) is 5.45 Å². The number of halogens is 1. The number of benzene rings is 1. The highest BCUT2D eigenvalue weighted by Crippen LogP contribution is 2.14. The molecule has 1 aromatic rings. The molecule has 1 nitrogen and oxygen atoms in total. The van der Waals surface area contributed by atoms with Crippen LogP contribution >= 0.6 is 15.9 Å². The van der Waals surface area contributed by atoms with Gasteiger partial charge < -0.3 is 4.90 Å². The van der Waals surface area contributed by atoms with Gasteiger partial charge in [0.1, 0.15) is 0 Å². The van der Waals surface area contributed by atoms with Gasteiger partial charge in [-0.3, -0.25) is 0 Å². The zero-order valence-corrected chi connectivity index (χ0v) is 8.43. The molecule has 0 unspecified atom stereocenters. The molecular weight excluding hydrogens is 202 g/mol. The standard InChI is InChI=1S/C9H12BrN/c1-8-4-3-5-9(6-8)11(2)7-10/h3-6H,7H2,1-2H3. The highest BCUT2D eigenvalue weighted by Gasteiger charge is 1.96. The molecular formula is C9H12BrN. The van der Waals surface area contributed by atoms with E-state index in [-0.39, 0.29) is 0 Å². The first-order valence-corrected chi connectivity index (χ1v) is 4.70. The van der Waals surface area contributed by atoms with E-state index in [1.807, 2.05) is 0 Å². The lowest BCUT2D eigenvalue weighted by Gasteiger charge is -2.15. The largest absolute Gasteiger partial charge is 0.365 e. The molecule has 0 bridgehead atoms. The van der Waals surface area contributed by atoms with Gasteiger partial charge in [0.05, 0.1) is 5.45 Å². The van der Waals surface area contributed by atoms with Crippen LogP contribution in [0.3, 0.4) is 0 Å². The molecule has 0 aromatic heterocycles. The summed E-state index contributed by atoms with van der Waals surface area (Å²) in [4.78, 5) is 2.15. The fraction of sp³-hybridized carbons (Fsp3) is 0.333. The summed E-state index contributed by atoms with van der Waals surface area (Å²) in [6, 6.07) is 8.45. The average molecular weight is 214 g/mol. The highest BCUT2D eigenvalue weighted by molar-refractivity contribution is 9.09. The summed E-state index contributed by atoms with van der Waals surface area (Å²) in [5, 5.41) is 0. The van der Waals surface area contributed by atoms with Crippen LogP contribution in [0.5, 0.6) is 0 Å². The predicted octanol–water partition coefficient (Wildman–Crippen LogP) is 2.78. The summed E-state index contributed by atoms with van der Waals surface area (Å²) in [7, 11) is 2.06. The molecule has 0 aliphatic heterocycles. The summed E-state index contributed by atoms with van der Waals surface area (Å²) in [6.07, 6.45) is 0. The van der Waals surface area contributed by atoms with E-state index in [1.54, 1.807) is 0 Å². The molecule has 0 atom stereocenters. The Morgan fingerprint density at radius 3 is 2.73 bits per heavy atom. The van der Waals surface area contributed by atoms with Crippen LogP contribution in [0.4, 0.5) is 5.69 Å². The molecule has 0 radical (unpaired) electrons. The zero-order chi connectivity index (χ0) is 8.27. The molecule has 0 saturated carbocycles. The molecule has 60 valence electrons. The van der Waals surface area contributed by atoms with Crippen LogP contribution in [-0.4, -0.2) is 12.5 Å². The normalized spacial score (nSPS) is 9.73. The summed E-state index contributed by atoms with van der Waals surface area (Å²) in [5.74, 6) is 0. The first-order chi connectivity index (χ1) is 5.24. The minimum atomic E-state index is 0.871. The molecule has 0 heterocycles. The van der Waals surface area contributed by atoms with E-state index >= 15 is 0 Å². The number of nitrogens with zero attached hydrogens (tertiary/aromatic N) is 1. The number of alkyl halides is 1. The quantitative estimate of drug-likeness (QED) is 0.540. The van der Waals surface area contributed by atoms with E-state index < -0.39 is 0 Å². The van der Waals surface area contributed by atoms with Crippen molar-refractivity contribution < 1.29 is 0 Å². The van der Waals surface area contributed by atoms with Crippen molar-refractivity contribution in [3.8, 4) is 0 Å². The molecule has 0 saturated heterocycles. The van der Waals surface area contributed by atoms with E-state index in [0.29, 0.717) is 0 Å². The number of hydrogen-bond donors (Lipinski definition) is 0. The van der Waals surface area contributed by atoms with Crippen molar-refractivity contribution in [3.05, 3.63) is 29.8 Å². The number of hydrogen-bond acceptors (Lipinski definition) is 1. The van der Waals surface area contributed by atoms with Crippen molar-refractivity contribution in [3.63, 3.8) is 0 Å². The van der Waals surface area contributed by atoms with Gasteiger partial charge in [0.2, 0.25) is 0 Å². The molecule has 0 aliphatic rings. The van der Waals surface area contributed by atoms with Gasteiger partial charge in [-0.1, -0.05) is 28.1 Å². The molecule has 11 heavy (non-hydrogen) atoms. The maximum absolute atomic E-state index is 3.40. The molecule has 1 rings (SSSR count). The van der Waals surface area contributed by atoms with E-state index in [4.69, 9.17) is 0 Å². The summed E-state index contributed by atoms with van der Waals surface area (Å²) in [6.45, 7) is 2.10. The van der Waals surface area contributed by atoms with Gasteiger partial charge in [0.25, 0.3) is 0 Å². The lowest BCUT2D eigenvalue weighted by molar-refractivity contribution is 1.10. The molecule has 0 spiro atoms. The second kappa shape index (κ2) is 3.77. The monoisotopic (exact) mass is 213 g/mol. The minimum Gasteiger partial charge on any atom is -0.365 e. The van der Waals surface area contributed by atoms with Crippen LogP contribution in [0.2, 0.25) is 0 Å². The van der Waals surface area contributed by atoms with Gasteiger partial charge in [0.15, 0.2) is 0 Å². The van der Waals surface area contributed by atoms with E-state index in [1.165, 1.54) is 11.3 Å². The van der Waals surface area contributed by atoms with Crippen LogP contribution in [0.1, 0.15) is 5.56 Å². The number of rotatable bonds is 2. The van der Waals surface area contributed by atoms with Crippen LogP contribution in [0, 0.1) is 6.92 Å². The van der Waals surface area contributed by atoms with Gasteiger partial charge in [-0.2, -0.15) is 0 Å². The number of anilines is 1. The van der Waals surface area contributed by atoms with Crippen LogP contribution in [0.25, 0.3) is 0 Å². The fourth-order valence-corrected chi connectivity index (χ4v) is 1.22. The second-order valence-corrected chi connectivity index (χ2v) is 3.16. The van der Waals surface area contributed by atoms with Gasteiger partial charge in [-0.15, -0.1) is 0 Å². The molecule has 2 heteroatoms. The fourth-order valence-electron chi connectivity index (χ4n) is 0.934.